The van der Waals surface area contributed by atoms with Crippen molar-refractivity contribution in [3.63, 3.8) is 0 Å². The number of hydrogen-bond acceptors (Lipinski definition) is 1. The maximum atomic E-state index is 13.8. The van der Waals surface area contributed by atoms with Crippen LogP contribution < -0.4 is 4.74 Å². The fraction of sp³-hybridized carbons (Fsp3) is 0.333. The van der Waals surface area contributed by atoms with E-state index >= 15 is 0 Å². The van der Waals surface area contributed by atoms with E-state index in [9.17, 15) is 4.39 Å². The Morgan fingerprint density at radius 2 is 1.71 bits per heavy atom. The topological polar surface area (TPSA) is 9.23 Å². The van der Waals surface area contributed by atoms with Crippen molar-refractivity contribution in [1.29, 1.82) is 0 Å². The summed E-state index contributed by atoms with van der Waals surface area (Å²) in [4.78, 5) is 0. The molecule has 1 atom stereocenters. The summed E-state index contributed by atoms with van der Waals surface area (Å²) in [6.07, 6.45) is 0. The number of hydrogen-bond donors (Lipinski definition) is 0. The molecule has 2 aromatic carbocycles. The van der Waals surface area contributed by atoms with Crippen LogP contribution in [-0.2, 0) is 0 Å². The van der Waals surface area contributed by atoms with Crippen molar-refractivity contribution in [2.75, 3.05) is 6.61 Å². The van der Waals surface area contributed by atoms with Crippen LogP contribution in [0.2, 0.25) is 5.02 Å². The molecular formula is C18H20ClFO. The Labute approximate surface area is 130 Å². The first-order chi connectivity index (χ1) is 9.89. The van der Waals surface area contributed by atoms with Gasteiger partial charge in [0.25, 0.3) is 0 Å². The number of halogens is 2. The van der Waals surface area contributed by atoms with E-state index in [2.05, 4.69) is 32.9 Å². The predicted octanol–water partition coefficient (Wildman–Crippen LogP) is 5.69. The molecule has 21 heavy (non-hydrogen) atoms. The van der Waals surface area contributed by atoms with E-state index in [1.807, 2.05) is 18.2 Å². The Morgan fingerprint density at radius 3 is 2.29 bits per heavy atom. The third-order valence-electron chi connectivity index (χ3n) is 3.56. The van der Waals surface area contributed by atoms with E-state index in [0.717, 1.165) is 0 Å². The summed E-state index contributed by atoms with van der Waals surface area (Å²) >= 11 is 6.01. The fourth-order valence-electron chi connectivity index (χ4n) is 2.32. The Bertz CT molecular complexity index is 570. The van der Waals surface area contributed by atoms with Crippen molar-refractivity contribution >= 4 is 11.6 Å². The Morgan fingerprint density at radius 1 is 1.05 bits per heavy atom. The van der Waals surface area contributed by atoms with Crippen molar-refractivity contribution in [3.05, 3.63) is 64.9 Å². The van der Waals surface area contributed by atoms with Crippen LogP contribution in [0, 0.1) is 11.2 Å². The molecule has 0 saturated carbocycles. The standard InChI is InChI=1S/C18H20ClFO/c1-18(2,3)14(13-8-5-4-6-9-13)12-21-17-15(19)10-7-11-16(17)20/h4-11,14H,12H2,1-3H3. The lowest BCUT2D eigenvalue weighted by Crippen LogP contribution is -2.24. The molecule has 0 aliphatic carbocycles. The average molecular weight is 307 g/mol. The smallest absolute Gasteiger partial charge is 0.173 e. The highest BCUT2D eigenvalue weighted by atomic mass is 35.5. The lowest BCUT2D eigenvalue weighted by Gasteiger charge is -2.31. The van der Waals surface area contributed by atoms with E-state index in [1.54, 1.807) is 12.1 Å². The molecule has 0 aliphatic heterocycles. The van der Waals surface area contributed by atoms with Gasteiger partial charge >= 0.3 is 0 Å². The van der Waals surface area contributed by atoms with Crippen LogP contribution in [0.3, 0.4) is 0 Å². The van der Waals surface area contributed by atoms with Gasteiger partial charge in [-0.05, 0) is 23.1 Å². The second kappa shape index (κ2) is 6.48. The van der Waals surface area contributed by atoms with Crippen molar-refractivity contribution < 1.29 is 9.13 Å². The van der Waals surface area contributed by atoms with E-state index in [4.69, 9.17) is 16.3 Å². The van der Waals surface area contributed by atoms with Crippen LogP contribution >= 0.6 is 11.6 Å². The lowest BCUT2D eigenvalue weighted by atomic mass is 9.77. The molecule has 112 valence electrons. The SMILES string of the molecule is CC(C)(C)C(COc1c(F)cccc1Cl)c1ccccc1. The number of rotatable bonds is 4. The second-order valence-corrected chi connectivity index (χ2v) is 6.60. The number of para-hydroxylation sites is 1. The van der Waals surface area contributed by atoms with Gasteiger partial charge in [0.1, 0.15) is 0 Å². The van der Waals surface area contributed by atoms with Crippen LogP contribution in [-0.4, -0.2) is 6.61 Å². The van der Waals surface area contributed by atoms with Gasteiger partial charge in [-0.3, -0.25) is 0 Å². The molecule has 3 heteroatoms. The molecule has 0 fully saturated rings. The first-order valence-corrected chi connectivity index (χ1v) is 7.39. The minimum atomic E-state index is -0.428. The molecule has 2 aromatic rings. The van der Waals surface area contributed by atoms with Gasteiger partial charge in [0.05, 0.1) is 11.6 Å². The molecule has 0 heterocycles. The lowest BCUT2D eigenvalue weighted by molar-refractivity contribution is 0.198. The van der Waals surface area contributed by atoms with Crippen LogP contribution in [0.4, 0.5) is 4.39 Å². The van der Waals surface area contributed by atoms with Crippen molar-refractivity contribution in [1.82, 2.24) is 0 Å². The van der Waals surface area contributed by atoms with Gasteiger partial charge in [-0.25, -0.2) is 4.39 Å². The first-order valence-electron chi connectivity index (χ1n) is 7.01. The zero-order chi connectivity index (χ0) is 15.5. The van der Waals surface area contributed by atoms with Crippen LogP contribution in [0.5, 0.6) is 5.75 Å². The van der Waals surface area contributed by atoms with E-state index in [0.29, 0.717) is 11.6 Å². The molecule has 1 nitrogen and oxygen atoms in total. The Hall–Kier alpha value is -1.54. The van der Waals surface area contributed by atoms with Crippen molar-refractivity contribution in [2.45, 2.75) is 26.7 Å². The summed E-state index contributed by atoms with van der Waals surface area (Å²) in [7, 11) is 0. The number of benzene rings is 2. The fourth-order valence-corrected chi connectivity index (χ4v) is 2.54. The summed E-state index contributed by atoms with van der Waals surface area (Å²) < 4.78 is 19.5. The zero-order valence-corrected chi connectivity index (χ0v) is 13.3. The molecular weight excluding hydrogens is 287 g/mol. The van der Waals surface area contributed by atoms with Gasteiger partial charge in [0.15, 0.2) is 11.6 Å². The highest BCUT2D eigenvalue weighted by Crippen LogP contribution is 2.36. The zero-order valence-electron chi connectivity index (χ0n) is 12.6. The van der Waals surface area contributed by atoms with Gasteiger partial charge in [-0.1, -0.05) is 68.8 Å². The highest BCUT2D eigenvalue weighted by molar-refractivity contribution is 6.32. The molecule has 2 rings (SSSR count). The molecule has 0 saturated heterocycles. The minimum Gasteiger partial charge on any atom is -0.488 e. The van der Waals surface area contributed by atoms with Crippen LogP contribution in [0.1, 0.15) is 32.3 Å². The third kappa shape index (κ3) is 3.98. The second-order valence-electron chi connectivity index (χ2n) is 6.19. The van der Waals surface area contributed by atoms with Crippen molar-refractivity contribution in [2.24, 2.45) is 5.41 Å². The first kappa shape index (κ1) is 15.8. The summed E-state index contributed by atoms with van der Waals surface area (Å²) in [6.45, 7) is 6.83. The predicted molar refractivity (Wildman–Crippen MR) is 85.5 cm³/mol. The maximum absolute atomic E-state index is 13.8. The van der Waals surface area contributed by atoms with Gasteiger partial charge in [-0.2, -0.15) is 0 Å². The normalized spacial score (nSPS) is 13.0. The van der Waals surface area contributed by atoms with Crippen molar-refractivity contribution in [3.8, 4) is 5.75 Å². The Kier molecular flexibility index (Phi) is 4.89. The largest absolute Gasteiger partial charge is 0.488 e. The third-order valence-corrected chi connectivity index (χ3v) is 3.86. The minimum absolute atomic E-state index is 0.000907. The van der Waals surface area contributed by atoms with Crippen LogP contribution in [0.15, 0.2) is 48.5 Å². The molecule has 0 aliphatic rings. The molecule has 0 bridgehead atoms. The molecule has 0 amide bonds. The van der Waals surface area contributed by atoms with Gasteiger partial charge < -0.3 is 4.74 Å². The quantitative estimate of drug-likeness (QED) is 0.705. The monoisotopic (exact) mass is 306 g/mol. The average Bonchev–Trinajstić information content (AvgIpc) is 2.42. The summed E-state index contributed by atoms with van der Waals surface area (Å²) in [5, 5.41) is 0.302. The molecule has 0 spiro atoms. The Balaban J connectivity index is 2.22. The van der Waals surface area contributed by atoms with E-state index < -0.39 is 5.82 Å². The summed E-state index contributed by atoms with van der Waals surface area (Å²) in [6, 6.07) is 14.7. The van der Waals surface area contributed by atoms with Crippen LogP contribution in [0.25, 0.3) is 0 Å². The highest BCUT2D eigenvalue weighted by Gasteiger charge is 2.27. The van der Waals surface area contributed by atoms with Gasteiger partial charge in [0.2, 0.25) is 0 Å². The molecule has 0 N–H and O–H groups in total. The molecule has 0 aromatic heterocycles. The summed E-state index contributed by atoms with van der Waals surface area (Å²) in [5.41, 5.74) is 1.18. The molecule has 0 radical (unpaired) electrons. The van der Waals surface area contributed by atoms with Gasteiger partial charge in [0, 0.05) is 5.92 Å². The molecule has 1 unspecified atom stereocenters. The van der Waals surface area contributed by atoms with E-state index in [1.165, 1.54) is 11.6 Å². The number of ether oxygens (including phenoxy) is 1. The maximum Gasteiger partial charge on any atom is 0.173 e. The van der Waals surface area contributed by atoms with E-state index in [-0.39, 0.29) is 17.1 Å². The summed E-state index contributed by atoms with van der Waals surface area (Å²) in [5.74, 6) is -0.151. The van der Waals surface area contributed by atoms with Gasteiger partial charge in [-0.15, -0.1) is 0 Å².